The first-order valence-corrected chi connectivity index (χ1v) is 5.00. The number of aryl methyl sites for hydroxylation is 2. The third-order valence-electron chi connectivity index (χ3n) is 2.27. The van der Waals surface area contributed by atoms with E-state index in [-0.39, 0.29) is 11.6 Å². The van der Waals surface area contributed by atoms with Gasteiger partial charge in [-0.25, -0.2) is 0 Å². The van der Waals surface area contributed by atoms with Gasteiger partial charge in [0.1, 0.15) is 0 Å². The topological polar surface area (TPSA) is 48.0 Å². The Morgan fingerprint density at radius 2 is 2.21 bits per heavy atom. The maximum atomic E-state index is 11.1. The zero-order chi connectivity index (χ0) is 10.6. The second kappa shape index (κ2) is 4.96. The van der Waals surface area contributed by atoms with Crippen molar-refractivity contribution in [2.24, 2.45) is 12.8 Å². The van der Waals surface area contributed by atoms with Crippen LogP contribution in [-0.2, 0) is 13.5 Å². The van der Waals surface area contributed by atoms with Gasteiger partial charge in [-0.15, -0.1) is 0 Å². The van der Waals surface area contributed by atoms with E-state index in [2.05, 4.69) is 0 Å². The Morgan fingerprint density at radius 1 is 1.50 bits per heavy atom. The molecule has 0 saturated heterocycles. The summed E-state index contributed by atoms with van der Waals surface area (Å²) >= 11 is 0. The van der Waals surface area contributed by atoms with Crippen LogP contribution in [-0.4, -0.2) is 10.6 Å². The van der Waals surface area contributed by atoms with E-state index in [1.165, 1.54) is 5.56 Å². The average molecular weight is 194 g/mol. The molecule has 0 aliphatic carbocycles. The largest absolute Gasteiger partial charge is 0.328 e. The minimum Gasteiger partial charge on any atom is -0.328 e. The SMILES string of the molecule is CC(N)CCCc1ccc(=O)n(C)c1. The molecule has 1 atom stereocenters. The molecule has 0 bridgehead atoms. The number of nitrogens with zero attached hydrogens (tertiary/aromatic N) is 1. The summed E-state index contributed by atoms with van der Waals surface area (Å²) in [6.07, 6.45) is 5.00. The van der Waals surface area contributed by atoms with E-state index < -0.39 is 0 Å². The van der Waals surface area contributed by atoms with Crippen molar-refractivity contribution in [1.82, 2.24) is 4.57 Å². The predicted octanol–water partition coefficient (Wildman–Crippen LogP) is 1.06. The lowest BCUT2D eigenvalue weighted by Gasteiger charge is -2.05. The van der Waals surface area contributed by atoms with E-state index in [4.69, 9.17) is 5.73 Å². The summed E-state index contributed by atoms with van der Waals surface area (Å²) in [5.41, 5.74) is 6.90. The molecular formula is C11H18N2O. The van der Waals surface area contributed by atoms with Crippen LogP contribution in [0.4, 0.5) is 0 Å². The summed E-state index contributed by atoms with van der Waals surface area (Å²) in [4.78, 5) is 11.1. The summed E-state index contributed by atoms with van der Waals surface area (Å²) in [6.45, 7) is 2.01. The number of hydrogen-bond donors (Lipinski definition) is 1. The second-order valence-corrected chi connectivity index (χ2v) is 3.86. The molecule has 0 aliphatic rings. The molecule has 0 amide bonds. The van der Waals surface area contributed by atoms with E-state index in [0.29, 0.717) is 0 Å². The first-order chi connectivity index (χ1) is 6.59. The smallest absolute Gasteiger partial charge is 0.250 e. The molecule has 1 unspecified atom stereocenters. The van der Waals surface area contributed by atoms with Crippen LogP contribution in [0.1, 0.15) is 25.3 Å². The molecule has 2 N–H and O–H groups in total. The van der Waals surface area contributed by atoms with Gasteiger partial charge in [-0.2, -0.15) is 0 Å². The lowest BCUT2D eigenvalue weighted by Crippen LogP contribution is -2.16. The molecule has 0 radical (unpaired) electrons. The number of aromatic nitrogens is 1. The van der Waals surface area contributed by atoms with Crippen LogP contribution in [0.2, 0.25) is 0 Å². The molecule has 1 heterocycles. The molecule has 3 heteroatoms. The zero-order valence-electron chi connectivity index (χ0n) is 8.86. The monoisotopic (exact) mass is 194 g/mol. The maximum absolute atomic E-state index is 11.1. The Kier molecular flexibility index (Phi) is 3.89. The third-order valence-corrected chi connectivity index (χ3v) is 2.27. The minimum absolute atomic E-state index is 0.0425. The van der Waals surface area contributed by atoms with E-state index in [1.54, 1.807) is 17.7 Å². The fourth-order valence-corrected chi connectivity index (χ4v) is 1.43. The van der Waals surface area contributed by atoms with Crippen molar-refractivity contribution in [1.29, 1.82) is 0 Å². The van der Waals surface area contributed by atoms with Gasteiger partial charge in [-0.3, -0.25) is 4.79 Å². The molecule has 3 nitrogen and oxygen atoms in total. The van der Waals surface area contributed by atoms with Crippen LogP contribution in [0.5, 0.6) is 0 Å². The van der Waals surface area contributed by atoms with Gasteiger partial charge in [-0.05, 0) is 31.7 Å². The Labute approximate surface area is 84.6 Å². The highest BCUT2D eigenvalue weighted by atomic mass is 16.1. The van der Waals surface area contributed by atoms with Crippen molar-refractivity contribution >= 4 is 0 Å². The van der Waals surface area contributed by atoms with Crippen LogP contribution >= 0.6 is 0 Å². The molecule has 78 valence electrons. The van der Waals surface area contributed by atoms with Gasteiger partial charge in [0.2, 0.25) is 5.56 Å². The zero-order valence-corrected chi connectivity index (χ0v) is 8.86. The quantitative estimate of drug-likeness (QED) is 0.779. The highest BCUT2D eigenvalue weighted by Gasteiger charge is 1.97. The molecule has 14 heavy (non-hydrogen) atoms. The fourth-order valence-electron chi connectivity index (χ4n) is 1.43. The molecule has 0 saturated carbocycles. The van der Waals surface area contributed by atoms with Gasteiger partial charge in [0.25, 0.3) is 0 Å². The molecule has 1 aromatic heterocycles. The van der Waals surface area contributed by atoms with E-state index in [0.717, 1.165) is 19.3 Å². The number of hydrogen-bond acceptors (Lipinski definition) is 2. The number of rotatable bonds is 4. The molecule has 0 fully saturated rings. The Balaban J connectivity index is 2.52. The van der Waals surface area contributed by atoms with Crippen LogP contribution in [0.25, 0.3) is 0 Å². The first kappa shape index (κ1) is 11.0. The lowest BCUT2D eigenvalue weighted by atomic mass is 10.1. The van der Waals surface area contributed by atoms with Crippen LogP contribution in [0.3, 0.4) is 0 Å². The highest BCUT2D eigenvalue weighted by Crippen LogP contribution is 2.03. The molecule has 0 spiro atoms. The number of pyridine rings is 1. The standard InChI is InChI=1S/C11H18N2O/c1-9(12)4-3-5-10-6-7-11(14)13(2)8-10/h6-9H,3-5,12H2,1-2H3. The van der Waals surface area contributed by atoms with Crippen molar-refractivity contribution < 1.29 is 0 Å². The van der Waals surface area contributed by atoms with E-state index in [9.17, 15) is 4.79 Å². The maximum Gasteiger partial charge on any atom is 0.250 e. The van der Waals surface area contributed by atoms with Crippen molar-refractivity contribution in [3.8, 4) is 0 Å². The average Bonchev–Trinajstić information content (AvgIpc) is 2.10. The summed E-state index contributed by atoms with van der Waals surface area (Å²) in [7, 11) is 1.78. The van der Waals surface area contributed by atoms with Gasteiger partial charge in [-0.1, -0.05) is 6.07 Å². The Hall–Kier alpha value is -1.09. The minimum atomic E-state index is 0.0425. The Morgan fingerprint density at radius 3 is 2.79 bits per heavy atom. The molecular weight excluding hydrogens is 176 g/mol. The summed E-state index contributed by atoms with van der Waals surface area (Å²) < 4.78 is 1.61. The van der Waals surface area contributed by atoms with Crippen LogP contribution < -0.4 is 11.3 Å². The first-order valence-electron chi connectivity index (χ1n) is 5.00. The van der Waals surface area contributed by atoms with Gasteiger partial charge >= 0.3 is 0 Å². The predicted molar refractivity (Wildman–Crippen MR) is 58.3 cm³/mol. The van der Waals surface area contributed by atoms with Crippen molar-refractivity contribution in [2.75, 3.05) is 0 Å². The fraction of sp³-hybridized carbons (Fsp3) is 0.545. The van der Waals surface area contributed by atoms with Crippen LogP contribution in [0.15, 0.2) is 23.1 Å². The van der Waals surface area contributed by atoms with Crippen molar-refractivity contribution in [2.45, 2.75) is 32.2 Å². The van der Waals surface area contributed by atoms with Crippen molar-refractivity contribution in [3.05, 3.63) is 34.2 Å². The molecule has 0 aliphatic heterocycles. The Bertz CT molecular complexity index is 341. The van der Waals surface area contributed by atoms with Gasteiger partial charge in [0.05, 0.1) is 0 Å². The van der Waals surface area contributed by atoms with E-state index >= 15 is 0 Å². The van der Waals surface area contributed by atoms with Crippen LogP contribution in [0, 0.1) is 0 Å². The van der Waals surface area contributed by atoms with Crippen molar-refractivity contribution in [3.63, 3.8) is 0 Å². The number of nitrogens with two attached hydrogens (primary N) is 1. The van der Waals surface area contributed by atoms with Gasteiger partial charge in [0, 0.05) is 25.4 Å². The summed E-state index contributed by atoms with van der Waals surface area (Å²) in [5, 5.41) is 0. The highest BCUT2D eigenvalue weighted by molar-refractivity contribution is 5.09. The lowest BCUT2D eigenvalue weighted by molar-refractivity contribution is 0.622. The molecule has 1 aromatic rings. The third kappa shape index (κ3) is 3.34. The summed E-state index contributed by atoms with van der Waals surface area (Å²) in [6, 6.07) is 3.77. The summed E-state index contributed by atoms with van der Waals surface area (Å²) in [5.74, 6) is 0. The normalized spacial score (nSPS) is 12.8. The molecule has 0 aromatic carbocycles. The van der Waals surface area contributed by atoms with Gasteiger partial charge < -0.3 is 10.3 Å². The van der Waals surface area contributed by atoms with E-state index in [1.807, 2.05) is 19.2 Å². The van der Waals surface area contributed by atoms with Gasteiger partial charge in [0.15, 0.2) is 0 Å². The second-order valence-electron chi connectivity index (χ2n) is 3.86. The molecule has 1 rings (SSSR count).